The molecule has 0 saturated carbocycles. The molecule has 138 valence electrons. The number of amides is 1. The lowest BCUT2D eigenvalue weighted by Crippen LogP contribution is -2.54. The Morgan fingerprint density at radius 3 is 2.64 bits per heavy atom. The van der Waals surface area contributed by atoms with Crippen LogP contribution in [0.5, 0.6) is 0 Å². The molecule has 0 aromatic heterocycles. The number of hydrogen-bond donors (Lipinski definition) is 2. The Morgan fingerprint density at radius 2 is 1.96 bits per heavy atom. The quantitative estimate of drug-likeness (QED) is 0.852. The fraction of sp³-hybridized carbons (Fsp3) is 0.650. The summed E-state index contributed by atoms with van der Waals surface area (Å²) in [4.78, 5) is 15.0. The van der Waals surface area contributed by atoms with Crippen molar-refractivity contribution in [3.63, 3.8) is 0 Å². The minimum Gasteiger partial charge on any atom is -0.381 e. The number of nitrogens with one attached hydrogen (secondary N) is 1. The Kier molecular flexibility index (Phi) is 5.77. The normalized spacial score (nSPS) is 21.6. The van der Waals surface area contributed by atoms with Crippen LogP contribution in [0, 0.1) is 5.92 Å². The first-order chi connectivity index (χ1) is 12.0. The van der Waals surface area contributed by atoms with Gasteiger partial charge in [0.05, 0.1) is 0 Å². The predicted molar refractivity (Wildman–Crippen MR) is 97.2 cm³/mol. The van der Waals surface area contributed by atoms with Crippen molar-refractivity contribution in [2.45, 2.75) is 51.3 Å². The van der Waals surface area contributed by atoms with Gasteiger partial charge in [-0.15, -0.1) is 0 Å². The Labute approximate surface area is 150 Å². The largest absolute Gasteiger partial charge is 0.381 e. The Balaban J connectivity index is 1.61. The van der Waals surface area contributed by atoms with Gasteiger partial charge in [0.2, 0.25) is 0 Å². The van der Waals surface area contributed by atoms with E-state index in [1.165, 1.54) is 11.1 Å². The van der Waals surface area contributed by atoms with Crippen LogP contribution in [0.25, 0.3) is 0 Å². The highest BCUT2D eigenvalue weighted by atomic mass is 16.5. The van der Waals surface area contributed by atoms with E-state index in [4.69, 9.17) is 4.74 Å². The van der Waals surface area contributed by atoms with E-state index >= 15 is 0 Å². The molecule has 3 rings (SSSR count). The molecule has 25 heavy (non-hydrogen) atoms. The summed E-state index contributed by atoms with van der Waals surface area (Å²) in [5.74, 6) is 0.175. The van der Waals surface area contributed by atoms with Gasteiger partial charge in [-0.05, 0) is 23.5 Å². The Bertz CT molecular complexity index is 596. The summed E-state index contributed by atoms with van der Waals surface area (Å²) < 4.78 is 5.26. The minimum absolute atomic E-state index is 0.251. The van der Waals surface area contributed by atoms with Gasteiger partial charge in [-0.25, -0.2) is 0 Å². The molecule has 0 aliphatic carbocycles. The van der Waals surface area contributed by atoms with E-state index in [0.717, 1.165) is 19.5 Å². The molecular weight excluding hydrogens is 316 g/mol. The number of benzene rings is 1. The lowest BCUT2D eigenvalue weighted by atomic mass is 9.92. The van der Waals surface area contributed by atoms with Crippen LogP contribution in [-0.4, -0.2) is 53.9 Å². The third-order valence-electron chi connectivity index (χ3n) is 5.61. The Morgan fingerprint density at radius 1 is 1.28 bits per heavy atom. The van der Waals surface area contributed by atoms with Crippen molar-refractivity contribution in [2.75, 3.05) is 26.3 Å². The third kappa shape index (κ3) is 4.22. The highest BCUT2D eigenvalue weighted by Gasteiger charge is 2.38. The van der Waals surface area contributed by atoms with E-state index in [1.807, 2.05) is 0 Å². The van der Waals surface area contributed by atoms with E-state index in [2.05, 4.69) is 48.3 Å². The molecule has 5 nitrogen and oxygen atoms in total. The van der Waals surface area contributed by atoms with Gasteiger partial charge in [-0.1, -0.05) is 38.1 Å². The second kappa shape index (κ2) is 7.85. The number of nitrogens with zero attached hydrogens (tertiary/aromatic N) is 1. The molecule has 1 saturated heterocycles. The van der Waals surface area contributed by atoms with Crippen molar-refractivity contribution < 1.29 is 14.6 Å². The third-order valence-corrected chi connectivity index (χ3v) is 5.61. The molecule has 0 unspecified atom stereocenters. The van der Waals surface area contributed by atoms with Crippen LogP contribution < -0.4 is 5.32 Å². The molecule has 0 bridgehead atoms. The zero-order chi connectivity index (χ0) is 17.9. The molecule has 1 fully saturated rings. The van der Waals surface area contributed by atoms with Crippen LogP contribution in [0.3, 0.4) is 0 Å². The molecule has 1 atom stereocenters. The molecule has 2 aliphatic heterocycles. The van der Waals surface area contributed by atoms with Crippen LogP contribution in [0.1, 0.15) is 37.8 Å². The number of ether oxygens (including phenoxy) is 1. The van der Waals surface area contributed by atoms with Crippen LogP contribution in [-0.2, 0) is 22.5 Å². The zero-order valence-electron chi connectivity index (χ0n) is 15.3. The van der Waals surface area contributed by atoms with Gasteiger partial charge in [0, 0.05) is 51.7 Å². The molecule has 1 amide bonds. The van der Waals surface area contributed by atoms with Crippen molar-refractivity contribution in [1.82, 2.24) is 10.2 Å². The minimum atomic E-state index is -1.27. The standard InChI is InChI=1S/C20H30N2O3/c1-15(2)18(13-21-19(23)20(24)8-11-25-12-9-20)22-10-7-16-5-3-4-6-17(16)14-22/h3-6,15,18,24H,7-14H2,1-2H3,(H,21,23)/t18-/m0/s1. The highest BCUT2D eigenvalue weighted by molar-refractivity contribution is 5.85. The van der Waals surface area contributed by atoms with Gasteiger partial charge in [-0.2, -0.15) is 0 Å². The average Bonchev–Trinajstić information content (AvgIpc) is 2.62. The maximum atomic E-state index is 12.5. The number of carbonyl (C=O) groups is 1. The molecule has 2 heterocycles. The first kappa shape index (κ1) is 18.4. The summed E-state index contributed by atoms with van der Waals surface area (Å²) in [5.41, 5.74) is 1.55. The summed E-state index contributed by atoms with van der Waals surface area (Å²) >= 11 is 0. The van der Waals surface area contributed by atoms with Gasteiger partial charge < -0.3 is 15.2 Å². The number of aliphatic hydroxyl groups is 1. The summed E-state index contributed by atoms with van der Waals surface area (Å²) in [5, 5.41) is 13.5. The van der Waals surface area contributed by atoms with Gasteiger partial charge in [0.1, 0.15) is 5.60 Å². The number of fused-ring (bicyclic) bond motifs is 1. The first-order valence-corrected chi connectivity index (χ1v) is 9.39. The van der Waals surface area contributed by atoms with Crippen LogP contribution in [0.15, 0.2) is 24.3 Å². The molecule has 1 aromatic carbocycles. The van der Waals surface area contributed by atoms with Gasteiger partial charge >= 0.3 is 0 Å². The van der Waals surface area contributed by atoms with E-state index < -0.39 is 5.60 Å². The molecule has 0 spiro atoms. The summed E-state index contributed by atoms with van der Waals surface area (Å²) in [7, 11) is 0. The Hall–Kier alpha value is -1.43. The van der Waals surface area contributed by atoms with Gasteiger partial charge in [0.25, 0.3) is 5.91 Å². The summed E-state index contributed by atoms with van der Waals surface area (Å²) in [6.07, 6.45) is 1.80. The van der Waals surface area contributed by atoms with Gasteiger partial charge in [0.15, 0.2) is 0 Å². The molecular formula is C20H30N2O3. The molecule has 2 aliphatic rings. The van der Waals surface area contributed by atoms with Crippen molar-refractivity contribution in [3.05, 3.63) is 35.4 Å². The van der Waals surface area contributed by atoms with Crippen molar-refractivity contribution in [1.29, 1.82) is 0 Å². The highest BCUT2D eigenvalue weighted by Crippen LogP contribution is 2.24. The van der Waals surface area contributed by atoms with E-state index in [1.54, 1.807) is 0 Å². The van der Waals surface area contributed by atoms with Crippen LogP contribution in [0.2, 0.25) is 0 Å². The number of rotatable bonds is 5. The fourth-order valence-electron chi connectivity index (χ4n) is 3.89. The van der Waals surface area contributed by atoms with Crippen LogP contribution >= 0.6 is 0 Å². The van der Waals surface area contributed by atoms with Crippen molar-refractivity contribution in [3.8, 4) is 0 Å². The second-order valence-corrected chi connectivity index (χ2v) is 7.65. The molecule has 0 radical (unpaired) electrons. The monoisotopic (exact) mass is 346 g/mol. The average molecular weight is 346 g/mol. The number of hydrogen-bond acceptors (Lipinski definition) is 4. The summed E-state index contributed by atoms with van der Waals surface area (Å²) in [6.45, 7) is 7.78. The molecule has 5 heteroatoms. The lowest BCUT2D eigenvalue weighted by molar-refractivity contribution is -0.149. The predicted octanol–water partition coefficient (Wildman–Crippen LogP) is 1.73. The lowest BCUT2D eigenvalue weighted by Gasteiger charge is -2.39. The smallest absolute Gasteiger partial charge is 0.252 e. The maximum Gasteiger partial charge on any atom is 0.252 e. The van der Waals surface area contributed by atoms with E-state index in [9.17, 15) is 9.90 Å². The summed E-state index contributed by atoms with van der Waals surface area (Å²) in [6, 6.07) is 8.86. The van der Waals surface area contributed by atoms with Crippen molar-refractivity contribution >= 4 is 5.91 Å². The first-order valence-electron chi connectivity index (χ1n) is 9.39. The fourth-order valence-corrected chi connectivity index (χ4v) is 3.89. The zero-order valence-corrected chi connectivity index (χ0v) is 15.3. The van der Waals surface area contributed by atoms with Crippen LogP contribution in [0.4, 0.5) is 0 Å². The topological polar surface area (TPSA) is 61.8 Å². The van der Waals surface area contributed by atoms with E-state index in [0.29, 0.717) is 38.5 Å². The molecule has 1 aromatic rings. The SMILES string of the molecule is CC(C)[C@H](CNC(=O)C1(O)CCOCC1)N1CCc2ccccc2C1. The second-order valence-electron chi connectivity index (χ2n) is 7.65. The van der Waals surface area contributed by atoms with Crippen molar-refractivity contribution in [2.24, 2.45) is 5.92 Å². The van der Waals surface area contributed by atoms with E-state index in [-0.39, 0.29) is 11.9 Å². The maximum absolute atomic E-state index is 12.5. The van der Waals surface area contributed by atoms with Gasteiger partial charge in [-0.3, -0.25) is 9.69 Å². The molecule has 2 N–H and O–H groups in total. The number of carbonyl (C=O) groups excluding carboxylic acids is 1.